The summed E-state index contributed by atoms with van der Waals surface area (Å²) in [6.07, 6.45) is -0.0861. The van der Waals surface area contributed by atoms with Crippen LogP contribution < -0.4 is 10.6 Å². The van der Waals surface area contributed by atoms with E-state index < -0.39 is 6.04 Å². The lowest BCUT2D eigenvalue weighted by molar-refractivity contribution is -0.123. The molecule has 1 aliphatic rings. The molecule has 160 valence electrons. The highest BCUT2D eigenvalue weighted by Gasteiger charge is 2.37. The quantitative estimate of drug-likeness (QED) is 0.553. The lowest BCUT2D eigenvalue weighted by atomic mass is 10.1. The van der Waals surface area contributed by atoms with E-state index in [-0.39, 0.29) is 24.8 Å². The van der Waals surface area contributed by atoms with E-state index >= 15 is 0 Å². The number of methoxy groups -OCH3 is 1. The first kappa shape index (κ1) is 21.4. The number of amides is 2. The van der Waals surface area contributed by atoms with Gasteiger partial charge < -0.3 is 15.4 Å². The molecule has 0 saturated carbocycles. The normalized spacial score (nSPS) is 15.0. The first-order chi connectivity index (χ1) is 14.9. The Morgan fingerprint density at radius 2 is 1.97 bits per heavy atom. The van der Waals surface area contributed by atoms with Crippen molar-refractivity contribution in [1.29, 1.82) is 0 Å². The number of benzene rings is 2. The van der Waals surface area contributed by atoms with Gasteiger partial charge in [-0.25, -0.2) is 4.68 Å². The van der Waals surface area contributed by atoms with Crippen LogP contribution in [-0.2, 0) is 20.9 Å². The summed E-state index contributed by atoms with van der Waals surface area (Å²) in [7, 11) is 1.57. The van der Waals surface area contributed by atoms with Crippen LogP contribution in [0, 0.1) is 6.92 Å². The van der Waals surface area contributed by atoms with Crippen LogP contribution >= 0.6 is 23.2 Å². The number of anilines is 2. The van der Waals surface area contributed by atoms with E-state index in [2.05, 4.69) is 15.7 Å². The summed E-state index contributed by atoms with van der Waals surface area (Å²) in [5.41, 5.74) is 3.73. The summed E-state index contributed by atoms with van der Waals surface area (Å²) < 4.78 is 6.84. The van der Waals surface area contributed by atoms with Crippen LogP contribution in [0.4, 0.5) is 11.5 Å². The summed E-state index contributed by atoms with van der Waals surface area (Å²) >= 11 is 12.2. The third kappa shape index (κ3) is 4.30. The molecular formula is C22H20Cl2N4O3. The van der Waals surface area contributed by atoms with Crippen molar-refractivity contribution < 1.29 is 14.3 Å². The predicted molar refractivity (Wildman–Crippen MR) is 120 cm³/mol. The van der Waals surface area contributed by atoms with Crippen molar-refractivity contribution in [3.8, 4) is 11.1 Å². The lowest BCUT2D eigenvalue weighted by Gasteiger charge is -2.11. The molecule has 1 aromatic heterocycles. The second-order valence-electron chi connectivity index (χ2n) is 7.30. The molecule has 1 unspecified atom stereocenters. The molecule has 3 aromatic rings. The summed E-state index contributed by atoms with van der Waals surface area (Å²) in [4.78, 5) is 25.3. The second kappa shape index (κ2) is 8.70. The SMILES string of the molecule is COCc1nn2c(c1-c1ccc(Cl)cc1)NC(=O)C2CC(=O)Nc1ccc(C)cc1Cl. The Morgan fingerprint density at radius 3 is 2.65 bits per heavy atom. The molecule has 0 radical (unpaired) electrons. The van der Waals surface area contributed by atoms with Gasteiger partial charge in [0.25, 0.3) is 5.91 Å². The Kier molecular flexibility index (Phi) is 6.00. The van der Waals surface area contributed by atoms with Gasteiger partial charge in [0, 0.05) is 17.7 Å². The first-order valence-electron chi connectivity index (χ1n) is 9.60. The second-order valence-corrected chi connectivity index (χ2v) is 8.14. The zero-order valence-electron chi connectivity index (χ0n) is 16.9. The summed E-state index contributed by atoms with van der Waals surface area (Å²) in [5, 5.41) is 11.2. The number of nitrogens with one attached hydrogen (secondary N) is 2. The molecule has 0 fully saturated rings. The molecule has 2 heterocycles. The number of carbonyl (C=O) groups excluding carboxylic acids is 2. The van der Waals surface area contributed by atoms with Crippen LogP contribution in [0.2, 0.25) is 10.0 Å². The molecule has 2 aromatic carbocycles. The van der Waals surface area contributed by atoms with Crippen LogP contribution in [0.5, 0.6) is 0 Å². The van der Waals surface area contributed by atoms with Crippen molar-refractivity contribution in [2.75, 3.05) is 17.7 Å². The third-order valence-corrected chi connectivity index (χ3v) is 5.58. The zero-order chi connectivity index (χ0) is 22.1. The van der Waals surface area contributed by atoms with E-state index in [1.54, 1.807) is 36.1 Å². The van der Waals surface area contributed by atoms with Crippen LogP contribution in [-0.4, -0.2) is 28.7 Å². The number of hydrogen-bond acceptors (Lipinski definition) is 4. The Balaban J connectivity index is 1.62. The molecule has 0 aliphatic carbocycles. The number of ether oxygens (including phenoxy) is 1. The van der Waals surface area contributed by atoms with Crippen LogP contribution in [0.25, 0.3) is 11.1 Å². The average Bonchev–Trinajstić information content (AvgIpc) is 3.20. The first-order valence-corrected chi connectivity index (χ1v) is 10.4. The highest BCUT2D eigenvalue weighted by atomic mass is 35.5. The fourth-order valence-electron chi connectivity index (χ4n) is 3.57. The van der Waals surface area contributed by atoms with E-state index in [1.807, 2.05) is 25.1 Å². The number of aryl methyl sites for hydroxylation is 1. The smallest absolute Gasteiger partial charge is 0.251 e. The van der Waals surface area contributed by atoms with Gasteiger partial charge in [0.05, 0.1) is 29.4 Å². The third-order valence-electron chi connectivity index (χ3n) is 5.01. The lowest BCUT2D eigenvalue weighted by Crippen LogP contribution is -2.24. The monoisotopic (exact) mass is 458 g/mol. The van der Waals surface area contributed by atoms with Gasteiger partial charge in [-0.3, -0.25) is 9.59 Å². The number of rotatable bonds is 6. The summed E-state index contributed by atoms with van der Waals surface area (Å²) in [6.45, 7) is 2.17. The number of hydrogen-bond donors (Lipinski definition) is 2. The van der Waals surface area contributed by atoms with E-state index in [0.29, 0.717) is 27.2 Å². The zero-order valence-corrected chi connectivity index (χ0v) is 18.4. The minimum absolute atomic E-state index is 0.0861. The molecule has 9 heteroatoms. The number of nitrogens with zero attached hydrogens (tertiary/aromatic N) is 2. The van der Waals surface area contributed by atoms with Crippen molar-refractivity contribution in [1.82, 2.24) is 9.78 Å². The molecule has 31 heavy (non-hydrogen) atoms. The maximum atomic E-state index is 12.7. The molecule has 0 spiro atoms. The maximum Gasteiger partial charge on any atom is 0.251 e. The minimum Gasteiger partial charge on any atom is -0.378 e. The Labute approximate surface area is 189 Å². The van der Waals surface area contributed by atoms with Gasteiger partial charge in [-0.1, -0.05) is 41.4 Å². The molecule has 4 rings (SSSR count). The molecule has 2 amide bonds. The standard InChI is InChI=1S/C22H20Cl2N4O3/c1-12-3-8-16(15(24)9-12)25-19(29)10-18-22(30)26-21-20(13-4-6-14(23)7-5-13)17(11-31-2)27-28(18)21/h3-9,18H,10-11H2,1-2H3,(H,25,29)(H,26,30). The average molecular weight is 459 g/mol. The van der Waals surface area contributed by atoms with Crippen LogP contribution in [0.3, 0.4) is 0 Å². The molecule has 1 aliphatic heterocycles. The molecule has 7 nitrogen and oxygen atoms in total. The molecule has 2 N–H and O–H groups in total. The fraction of sp³-hybridized carbons (Fsp3) is 0.227. The number of halogens is 2. The van der Waals surface area contributed by atoms with Crippen molar-refractivity contribution >= 4 is 46.5 Å². The number of carbonyl (C=O) groups is 2. The molecular weight excluding hydrogens is 439 g/mol. The fourth-order valence-corrected chi connectivity index (χ4v) is 3.98. The van der Waals surface area contributed by atoms with E-state index in [1.165, 1.54) is 0 Å². The largest absolute Gasteiger partial charge is 0.378 e. The summed E-state index contributed by atoms with van der Waals surface area (Å²) in [6, 6.07) is 11.8. The van der Waals surface area contributed by atoms with E-state index in [9.17, 15) is 9.59 Å². The highest BCUT2D eigenvalue weighted by molar-refractivity contribution is 6.33. The minimum atomic E-state index is -0.782. The maximum absolute atomic E-state index is 12.7. The Hall–Kier alpha value is -2.87. The number of aromatic nitrogens is 2. The Morgan fingerprint density at radius 1 is 1.23 bits per heavy atom. The van der Waals surface area contributed by atoms with Crippen molar-refractivity contribution in [2.24, 2.45) is 0 Å². The van der Waals surface area contributed by atoms with Gasteiger partial charge in [-0.05, 0) is 42.3 Å². The van der Waals surface area contributed by atoms with Crippen molar-refractivity contribution in [3.05, 3.63) is 63.8 Å². The van der Waals surface area contributed by atoms with Gasteiger partial charge in [0.15, 0.2) is 0 Å². The van der Waals surface area contributed by atoms with Gasteiger partial charge in [0.2, 0.25) is 5.91 Å². The van der Waals surface area contributed by atoms with Gasteiger partial charge >= 0.3 is 0 Å². The predicted octanol–water partition coefficient (Wildman–Crippen LogP) is 4.83. The van der Waals surface area contributed by atoms with Crippen molar-refractivity contribution in [2.45, 2.75) is 26.0 Å². The van der Waals surface area contributed by atoms with Gasteiger partial charge in [-0.2, -0.15) is 5.10 Å². The topological polar surface area (TPSA) is 85.2 Å². The highest BCUT2D eigenvalue weighted by Crippen LogP contribution is 2.39. The van der Waals surface area contributed by atoms with Gasteiger partial charge in [-0.15, -0.1) is 0 Å². The van der Waals surface area contributed by atoms with Crippen molar-refractivity contribution in [3.63, 3.8) is 0 Å². The Bertz CT molecular complexity index is 1160. The molecule has 1 atom stereocenters. The molecule has 0 saturated heterocycles. The van der Waals surface area contributed by atoms with Crippen LogP contribution in [0.15, 0.2) is 42.5 Å². The molecule has 0 bridgehead atoms. The van der Waals surface area contributed by atoms with E-state index in [4.69, 9.17) is 27.9 Å². The van der Waals surface area contributed by atoms with Gasteiger partial charge in [0.1, 0.15) is 11.9 Å². The number of fused-ring (bicyclic) bond motifs is 1. The summed E-state index contributed by atoms with van der Waals surface area (Å²) in [5.74, 6) is -0.104. The van der Waals surface area contributed by atoms with E-state index in [0.717, 1.165) is 16.7 Å². The van der Waals surface area contributed by atoms with Crippen LogP contribution in [0.1, 0.15) is 23.7 Å².